The van der Waals surface area contributed by atoms with Gasteiger partial charge >= 0.3 is 6.18 Å². The van der Waals surface area contributed by atoms with Gasteiger partial charge in [-0.05, 0) is 37.1 Å². The standard InChI is InChI=1S/C12H13ClF3NO3S/c13-21(19,20)10-5-3-9(4-6-10)11(18)17-8-2-1-7-12(14,15)16/h3-6H,1-2,7-8H2,(H,17,18). The molecule has 0 saturated carbocycles. The van der Waals surface area contributed by atoms with E-state index in [9.17, 15) is 26.4 Å². The Bertz CT molecular complexity index is 585. The lowest BCUT2D eigenvalue weighted by Crippen LogP contribution is -2.24. The number of nitrogens with one attached hydrogen (secondary N) is 1. The summed E-state index contributed by atoms with van der Waals surface area (Å²) in [4.78, 5) is 11.5. The maximum Gasteiger partial charge on any atom is 0.389 e. The number of hydrogen-bond donors (Lipinski definition) is 1. The fraction of sp³-hybridized carbons (Fsp3) is 0.417. The van der Waals surface area contributed by atoms with E-state index in [1.54, 1.807) is 0 Å². The normalized spacial score (nSPS) is 12.2. The van der Waals surface area contributed by atoms with Gasteiger partial charge in [-0.1, -0.05) is 0 Å². The first kappa shape index (κ1) is 17.8. The van der Waals surface area contributed by atoms with Gasteiger partial charge in [-0.3, -0.25) is 4.79 Å². The third kappa shape index (κ3) is 6.81. The lowest BCUT2D eigenvalue weighted by atomic mass is 10.2. The number of halogens is 4. The predicted molar refractivity (Wildman–Crippen MR) is 71.7 cm³/mol. The van der Waals surface area contributed by atoms with Crippen molar-refractivity contribution in [3.63, 3.8) is 0 Å². The number of unbranched alkanes of at least 4 members (excludes halogenated alkanes) is 1. The van der Waals surface area contributed by atoms with Gasteiger partial charge < -0.3 is 5.32 Å². The molecule has 0 atom stereocenters. The Morgan fingerprint density at radius 1 is 1.14 bits per heavy atom. The van der Waals surface area contributed by atoms with Gasteiger partial charge in [0.2, 0.25) is 0 Å². The van der Waals surface area contributed by atoms with Crippen molar-refractivity contribution in [2.75, 3.05) is 6.54 Å². The highest BCUT2D eigenvalue weighted by atomic mass is 35.7. The van der Waals surface area contributed by atoms with Crippen LogP contribution in [0.1, 0.15) is 29.6 Å². The minimum Gasteiger partial charge on any atom is -0.352 e. The van der Waals surface area contributed by atoms with E-state index in [0.29, 0.717) is 0 Å². The second kappa shape index (κ2) is 7.13. The van der Waals surface area contributed by atoms with Gasteiger partial charge in [-0.2, -0.15) is 13.2 Å². The van der Waals surface area contributed by atoms with Crippen LogP contribution >= 0.6 is 10.7 Å². The fourth-order valence-corrected chi connectivity index (χ4v) is 2.29. The molecule has 9 heteroatoms. The van der Waals surface area contributed by atoms with E-state index in [-0.39, 0.29) is 29.8 Å². The summed E-state index contributed by atoms with van der Waals surface area (Å²) in [6.45, 7) is 0.116. The second-order valence-corrected chi connectivity index (χ2v) is 6.86. The maximum atomic E-state index is 11.9. The predicted octanol–water partition coefficient (Wildman–Crippen LogP) is 3.08. The van der Waals surface area contributed by atoms with Crippen molar-refractivity contribution in [3.05, 3.63) is 29.8 Å². The average molecular weight is 344 g/mol. The molecule has 0 radical (unpaired) electrons. The number of hydrogen-bond acceptors (Lipinski definition) is 3. The summed E-state index contributed by atoms with van der Waals surface area (Å²) in [7, 11) is 1.28. The number of amides is 1. The lowest BCUT2D eigenvalue weighted by Gasteiger charge is -2.07. The quantitative estimate of drug-likeness (QED) is 0.637. The molecule has 0 spiro atoms. The lowest BCUT2D eigenvalue weighted by molar-refractivity contribution is -0.135. The average Bonchev–Trinajstić information content (AvgIpc) is 2.36. The molecule has 0 fully saturated rings. The smallest absolute Gasteiger partial charge is 0.352 e. The molecule has 4 nitrogen and oxygen atoms in total. The minimum absolute atomic E-state index is 0.0623. The maximum absolute atomic E-state index is 11.9. The van der Waals surface area contributed by atoms with E-state index in [0.717, 1.165) is 0 Å². The highest BCUT2D eigenvalue weighted by molar-refractivity contribution is 8.13. The van der Waals surface area contributed by atoms with E-state index in [1.807, 2.05) is 0 Å². The summed E-state index contributed by atoms with van der Waals surface area (Å²) in [6, 6.07) is 4.92. The zero-order valence-electron chi connectivity index (χ0n) is 10.8. The Morgan fingerprint density at radius 2 is 1.71 bits per heavy atom. The van der Waals surface area contributed by atoms with Gasteiger partial charge in [-0.15, -0.1) is 0 Å². The number of benzene rings is 1. The Morgan fingerprint density at radius 3 is 2.19 bits per heavy atom. The van der Waals surface area contributed by atoms with E-state index < -0.39 is 27.6 Å². The van der Waals surface area contributed by atoms with Crippen molar-refractivity contribution in [3.8, 4) is 0 Å². The molecule has 1 amide bonds. The molecule has 0 unspecified atom stereocenters. The van der Waals surface area contributed by atoms with Crippen LogP contribution in [-0.2, 0) is 9.05 Å². The first-order valence-electron chi connectivity index (χ1n) is 5.99. The van der Waals surface area contributed by atoms with Crippen molar-refractivity contribution in [2.45, 2.75) is 30.3 Å². The minimum atomic E-state index is -4.19. The summed E-state index contributed by atoms with van der Waals surface area (Å²) in [5.41, 5.74) is 0.204. The number of alkyl halides is 3. The van der Waals surface area contributed by atoms with Crippen LogP contribution < -0.4 is 5.32 Å². The van der Waals surface area contributed by atoms with E-state index in [4.69, 9.17) is 10.7 Å². The van der Waals surface area contributed by atoms with E-state index in [1.165, 1.54) is 24.3 Å². The second-order valence-electron chi connectivity index (χ2n) is 4.29. The van der Waals surface area contributed by atoms with Crippen molar-refractivity contribution in [1.29, 1.82) is 0 Å². The van der Waals surface area contributed by atoms with Crippen LogP contribution in [0.2, 0.25) is 0 Å². The molecular formula is C12H13ClF3NO3S. The molecule has 0 heterocycles. The summed E-state index contributed by atoms with van der Waals surface area (Å²) in [5, 5.41) is 2.45. The van der Waals surface area contributed by atoms with Crippen molar-refractivity contribution >= 4 is 25.6 Å². The van der Waals surface area contributed by atoms with Crippen molar-refractivity contribution < 1.29 is 26.4 Å². The molecule has 1 N–H and O–H groups in total. The number of carbonyl (C=O) groups excluding carboxylic acids is 1. The molecule has 21 heavy (non-hydrogen) atoms. The van der Waals surface area contributed by atoms with Gasteiger partial charge in [0, 0.05) is 29.2 Å². The molecule has 1 rings (SSSR count). The van der Waals surface area contributed by atoms with Crippen LogP contribution in [-0.4, -0.2) is 27.0 Å². The van der Waals surface area contributed by atoms with Crippen LogP contribution in [0, 0.1) is 0 Å². The highest BCUT2D eigenvalue weighted by Crippen LogP contribution is 2.21. The zero-order chi connectivity index (χ0) is 16.1. The molecule has 0 aliphatic rings. The first-order chi connectivity index (χ1) is 9.59. The Labute approximate surface area is 124 Å². The molecule has 0 bridgehead atoms. The molecule has 118 valence electrons. The summed E-state index contributed by atoms with van der Waals surface area (Å²) < 4.78 is 57.7. The van der Waals surface area contributed by atoms with Crippen LogP contribution in [0.4, 0.5) is 13.2 Å². The van der Waals surface area contributed by atoms with Crippen molar-refractivity contribution in [1.82, 2.24) is 5.32 Å². The molecule has 0 aliphatic heterocycles. The van der Waals surface area contributed by atoms with Gasteiger partial charge in [-0.25, -0.2) is 8.42 Å². The molecule has 1 aromatic rings. The molecule has 0 aliphatic carbocycles. The van der Waals surface area contributed by atoms with Crippen LogP contribution in [0.25, 0.3) is 0 Å². The highest BCUT2D eigenvalue weighted by Gasteiger charge is 2.25. The molecule has 1 aromatic carbocycles. The summed E-state index contributed by atoms with van der Waals surface area (Å²) in [5.74, 6) is -0.486. The van der Waals surface area contributed by atoms with Crippen LogP contribution in [0.15, 0.2) is 29.2 Å². The summed E-state index contributed by atoms with van der Waals surface area (Å²) >= 11 is 0. The Hall–Kier alpha value is -1.28. The SMILES string of the molecule is O=C(NCCCCC(F)(F)F)c1ccc(S(=O)(=O)Cl)cc1. The Balaban J connectivity index is 2.43. The zero-order valence-corrected chi connectivity index (χ0v) is 12.4. The van der Waals surface area contributed by atoms with Gasteiger partial charge in [0.05, 0.1) is 4.90 Å². The third-order valence-corrected chi connectivity index (χ3v) is 3.94. The third-order valence-electron chi connectivity index (χ3n) is 2.57. The van der Waals surface area contributed by atoms with Crippen LogP contribution in [0.3, 0.4) is 0 Å². The first-order valence-corrected chi connectivity index (χ1v) is 8.30. The molecule has 0 saturated heterocycles. The summed E-state index contributed by atoms with van der Waals surface area (Å²) in [6.07, 6.45) is -4.93. The van der Waals surface area contributed by atoms with Crippen LogP contribution in [0.5, 0.6) is 0 Å². The van der Waals surface area contributed by atoms with E-state index >= 15 is 0 Å². The van der Waals surface area contributed by atoms with Gasteiger partial charge in [0.25, 0.3) is 15.0 Å². The largest absolute Gasteiger partial charge is 0.389 e. The molecular weight excluding hydrogens is 331 g/mol. The van der Waals surface area contributed by atoms with Gasteiger partial charge in [0.1, 0.15) is 0 Å². The van der Waals surface area contributed by atoms with E-state index in [2.05, 4.69) is 5.32 Å². The number of rotatable bonds is 6. The monoisotopic (exact) mass is 343 g/mol. The molecule has 0 aromatic heterocycles. The topological polar surface area (TPSA) is 63.2 Å². The Kier molecular flexibility index (Phi) is 6.03. The fourth-order valence-electron chi connectivity index (χ4n) is 1.52. The van der Waals surface area contributed by atoms with Gasteiger partial charge in [0.15, 0.2) is 0 Å². The van der Waals surface area contributed by atoms with Crippen molar-refractivity contribution in [2.24, 2.45) is 0 Å². The number of carbonyl (C=O) groups is 1.